The fourth-order valence-electron chi connectivity index (χ4n) is 0.489. The van der Waals surface area contributed by atoms with Gasteiger partial charge in [-0.2, -0.15) is 39.5 Å². The lowest BCUT2D eigenvalue weighted by atomic mass is 10.3. The largest absolute Gasteiger partial charge is 0.462 e. The van der Waals surface area contributed by atoms with Gasteiger partial charge >= 0.3 is 24.3 Å². The zero-order chi connectivity index (χ0) is 14.1. The first kappa shape index (κ1) is 16.3. The van der Waals surface area contributed by atoms with Crippen LogP contribution in [0, 0.1) is 0 Å². The average molecular weight is 280 g/mol. The smallest absolute Gasteiger partial charge is 0.322 e. The van der Waals surface area contributed by atoms with Gasteiger partial charge in [0.15, 0.2) is 0 Å². The van der Waals surface area contributed by atoms with E-state index in [0.29, 0.717) is 7.11 Å². The fraction of sp³-hybridized carbons (Fsp3) is 1.00. The molecule has 0 N–H and O–H groups in total. The molecule has 0 spiro atoms. The first-order valence-corrected chi connectivity index (χ1v) is 3.66. The van der Waals surface area contributed by atoms with Gasteiger partial charge in [0, 0.05) is 7.11 Å². The zero-order valence-corrected chi connectivity index (χ0v) is 7.93. The van der Waals surface area contributed by atoms with Gasteiger partial charge in [-0.05, 0) is 0 Å². The number of methoxy groups -OCH3 is 1. The third-order valence-corrected chi connectivity index (χ3v) is 1.44. The molecule has 0 bridgehead atoms. The minimum Gasteiger partial charge on any atom is -0.322 e. The summed E-state index contributed by atoms with van der Waals surface area (Å²) in [6.45, 7) is -2.46. The van der Waals surface area contributed by atoms with Gasteiger partial charge in [0.25, 0.3) is 0 Å². The molecule has 0 heterocycles. The highest BCUT2D eigenvalue weighted by Gasteiger charge is 2.74. The molecule has 0 unspecified atom stereocenters. The molecule has 0 rings (SSSR count). The van der Waals surface area contributed by atoms with Crippen molar-refractivity contribution in [2.24, 2.45) is 0 Å². The number of hydrogen-bond donors (Lipinski definition) is 0. The van der Waals surface area contributed by atoms with E-state index in [0.717, 1.165) is 0 Å². The average Bonchev–Trinajstić information content (AvgIpc) is 2.13. The molecule has 0 saturated heterocycles. The SMILES string of the molecule is COC(F)(F)COC(F)(F)C(F)(F)C(F)(F)F. The summed E-state index contributed by atoms with van der Waals surface area (Å²) in [5, 5.41) is 0. The predicted octanol–water partition coefficient (Wildman–Crippen LogP) is 3.03. The highest BCUT2D eigenvalue weighted by molar-refractivity contribution is 4.85. The van der Waals surface area contributed by atoms with E-state index in [1.165, 1.54) is 0 Å². The van der Waals surface area contributed by atoms with Crippen molar-refractivity contribution >= 4 is 0 Å². The molecule has 0 aliphatic carbocycles. The van der Waals surface area contributed by atoms with Crippen LogP contribution in [0.5, 0.6) is 0 Å². The molecule has 11 heteroatoms. The molecule has 0 saturated carbocycles. The standard InChI is InChI=1S/C6H5F9O2/c1-16-3(7,8)2-17-6(14,15)4(9,10)5(11,12)13/h2H2,1H3. The molecule has 0 aliphatic heterocycles. The van der Waals surface area contributed by atoms with E-state index in [-0.39, 0.29) is 0 Å². The van der Waals surface area contributed by atoms with Crippen LogP contribution in [0.2, 0.25) is 0 Å². The maximum atomic E-state index is 12.3. The van der Waals surface area contributed by atoms with Crippen LogP contribution in [0.15, 0.2) is 0 Å². The van der Waals surface area contributed by atoms with Crippen molar-refractivity contribution in [1.29, 1.82) is 0 Å². The van der Waals surface area contributed by atoms with Gasteiger partial charge in [0.1, 0.15) is 6.61 Å². The molecule has 17 heavy (non-hydrogen) atoms. The van der Waals surface area contributed by atoms with Gasteiger partial charge in [-0.1, -0.05) is 0 Å². The Morgan fingerprint density at radius 3 is 1.53 bits per heavy atom. The first-order chi connectivity index (χ1) is 7.27. The van der Waals surface area contributed by atoms with E-state index in [9.17, 15) is 39.5 Å². The van der Waals surface area contributed by atoms with Crippen molar-refractivity contribution in [2.45, 2.75) is 24.3 Å². The Bertz CT molecular complexity index is 259. The van der Waals surface area contributed by atoms with Crippen LogP contribution in [0.25, 0.3) is 0 Å². The summed E-state index contributed by atoms with van der Waals surface area (Å²) in [6.07, 6.45) is -17.2. The fourth-order valence-corrected chi connectivity index (χ4v) is 0.489. The summed E-state index contributed by atoms with van der Waals surface area (Å²) in [6, 6.07) is 0. The summed E-state index contributed by atoms with van der Waals surface area (Å²) in [5.74, 6) is -6.59. The minimum atomic E-state index is -6.64. The lowest BCUT2D eigenvalue weighted by Crippen LogP contribution is -2.54. The van der Waals surface area contributed by atoms with Crippen LogP contribution in [0.4, 0.5) is 39.5 Å². The molecule has 104 valence electrons. The Hall–Kier alpha value is -0.710. The van der Waals surface area contributed by atoms with E-state index < -0.39 is 30.9 Å². The first-order valence-electron chi connectivity index (χ1n) is 3.66. The van der Waals surface area contributed by atoms with Crippen LogP contribution >= 0.6 is 0 Å². The molecular formula is C6H5F9O2. The Kier molecular flexibility index (Phi) is 4.33. The molecule has 0 radical (unpaired) electrons. The van der Waals surface area contributed by atoms with E-state index in [2.05, 4.69) is 9.47 Å². The summed E-state index contributed by atoms with van der Waals surface area (Å²) in [4.78, 5) is 0. The second-order valence-corrected chi connectivity index (χ2v) is 2.72. The molecule has 0 aromatic heterocycles. The molecule has 0 atom stereocenters. The van der Waals surface area contributed by atoms with Crippen molar-refractivity contribution < 1.29 is 49.0 Å². The third kappa shape index (κ3) is 3.63. The van der Waals surface area contributed by atoms with Crippen LogP contribution < -0.4 is 0 Å². The van der Waals surface area contributed by atoms with Gasteiger partial charge in [-0.15, -0.1) is 0 Å². The van der Waals surface area contributed by atoms with Crippen LogP contribution in [0.1, 0.15) is 0 Å². The molecule has 0 aromatic rings. The second kappa shape index (κ2) is 4.52. The monoisotopic (exact) mass is 280 g/mol. The Labute approximate surface area is 88.3 Å². The summed E-state index contributed by atoms with van der Waals surface area (Å²) in [5.41, 5.74) is 0. The molecule has 0 amide bonds. The van der Waals surface area contributed by atoms with Crippen molar-refractivity contribution in [3.05, 3.63) is 0 Å². The van der Waals surface area contributed by atoms with Gasteiger partial charge in [0.2, 0.25) is 0 Å². The zero-order valence-electron chi connectivity index (χ0n) is 7.93. The Morgan fingerprint density at radius 2 is 1.24 bits per heavy atom. The lowest BCUT2D eigenvalue weighted by Gasteiger charge is -2.28. The second-order valence-electron chi connectivity index (χ2n) is 2.72. The van der Waals surface area contributed by atoms with Gasteiger partial charge in [-0.3, -0.25) is 0 Å². The van der Waals surface area contributed by atoms with Crippen molar-refractivity contribution in [1.82, 2.24) is 0 Å². The van der Waals surface area contributed by atoms with Crippen LogP contribution in [-0.4, -0.2) is 38.0 Å². The van der Waals surface area contributed by atoms with E-state index in [4.69, 9.17) is 0 Å². The number of alkyl halides is 9. The van der Waals surface area contributed by atoms with E-state index in [1.807, 2.05) is 0 Å². The van der Waals surface area contributed by atoms with E-state index in [1.54, 1.807) is 0 Å². The number of hydrogen-bond acceptors (Lipinski definition) is 2. The Balaban J connectivity index is 4.81. The molecule has 0 fully saturated rings. The number of rotatable bonds is 5. The third-order valence-electron chi connectivity index (χ3n) is 1.44. The minimum absolute atomic E-state index is 0.323. The maximum Gasteiger partial charge on any atom is 0.462 e. The highest BCUT2D eigenvalue weighted by Crippen LogP contribution is 2.47. The number of ether oxygens (including phenoxy) is 2. The molecular weight excluding hydrogens is 275 g/mol. The van der Waals surface area contributed by atoms with Crippen LogP contribution in [0.3, 0.4) is 0 Å². The summed E-state index contributed by atoms with van der Waals surface area (Å²) in [7, 11) is 0.323. The van der Waals surface area contributed by atoms with Gasteiger partial charge in [0.05, 0.1) is 0 Å². The van der Waals surface area contributed by atoms with Gasteiger partial charge in [-0.25, -0.2) is 0 Å². The Morgan fingerprint density at radius 1 is 0.824 bits per heavy atom. The summed E-state index contributed by atoms with van der Waals surface area (Å²) >= 11 is 0. The molecule has 0 aromatic carbocycles. The van der Waals surface area contributed by atoms with Gasteiger partial charge < -0.3 is 9.47 Å². The highest BCUT2D eigenvalue weighted by atomic mass is 19.4. The predicted molar refractivity (Wildman–Crippen MR) is 33.9 cm³/mol. The molecule has 0 aliphatic rings. The quantitative estimate of drug-likeness (QED) is 0.721. The number of halogens is 9. The van der Waals surface area contributed by atoms with Crippen molar-refractivity contribution in [2.75, 3.05) is 13.7 Å². The van der Waals surface area contributed by atoms with Crippen molar-refractivity contribution in [3.63, 3.8) is 0 Å². The maximum absolute atomic E-state index is 12.3. The lowest BCUT2D eigenvalue weighted by molar-refractivity contribution is -0.436. The summed E-state index contributed by atoms with van der Waals surface area (Å²) < 4.78 is 113. The topological polar surface area (TPSA) is 18.5 Å². The van der Waals surface area contributed by atoms with E-state index >= 15 is 0 Å². The normalized spacial score (nSPS) is 15.2. The van der Waals surface area contributed by atoms with Crippen molar-refractivity contribution in [3.8, 4) is 0 Å². The molecule has 2 nitrogen and oxygen atoms in total. The van der Waals surface area contributed by atoms with Crippen LogP contribution in [-0.2, 0) is 9.47 Å².